The van der Waals surface area contributed by atoms with Gasteiger partial charge in [-0.2, -0.15) is 0 Å². The number of hydrogen-bond acceptors (Lipinski definition) is 7. The van der Waals surface area contributed by atoms with Crippen molar-refractivity contribution in [2.45, 2.75) is 116 Å². The van der Waals surface area contributed by atoms with Gasteiger partial charge < -0.3 is 29.8 Å². The molecule has 2 saturated carbocycles. The fourth-order valence-electron chi connectivity index (χ4n) is 9.01. The van der Waals surface area contributed by atoms with Crippen LogP contribution in [0.2, 0.25) is 0 Å². The smallest absolute Gasteiger partial charge is 0.425 e. The van der Waals surface area contributed by atoms with Gasteiger partial charge in [0.05, 0.1) is 36.9 Å². The Labute approximate surface area is 363 Å². The van der Waals surface area contributed by atoms with Crippen molar-refractivity contribution in [1.82, 2.24) is 45.5 Å². The van der Waals surface area contributed by atoms with Crippen molar-refractivity contribution in [2.75, 3.05) is 20.2 Å². The molecule has 3 aliphatic rings. The molecule has 326 valence electrons. The zero-order valence-electron chi connectivity index (χ0n) is 36.4. The van der Waals surface area contributed by atoms with Crippen LogP contribution in [0.1, 0.15) is 109 Å². The van der Waals surface area contributed by atoms with E-state index in [1.807, 2.05) is 45.0 Å². The van der Waals surface area contributed by atoms with Crippen LogP contribution in [-0.4, -0.2) is 97.0 Å². The van der Waals surface area contributed by atoms with Crippen LogP contribution in [0.5, 0.6) is 0 Å². The van der Waals surface area contributed by atoms with Crippen LogP contribution in [0.3, 0.4) is 0 Å². The van der Waals surface area contributed by atoms with Crippen molar-refractivity contribution in [1.29, 1.82) is 0 Å². The van der Waals surface area contributed by atoms with Gasteiger partial charge in [0.1, 0.15) is 18.2 Å². The third-order valence-corrected chi connectivity index (χ3v) is 12.6. The summed E-state index contributed by atoms with van der Waals surface area (Å²) in [6.07, 6.45) is 11.3. The van der Waals surface area contributed by atoms with Crippen LogP contribution in [-0.2, 0) is 14.3 Å². The molecule has 0 radical (unpaired) electrons. The van der Waals surface area contributed by atoms with Gasteiger partial charge >= 0.3 is 12.1 Å². The molecule has 62 heavy (non-hydrogen) atoms. The number of imidazole rings is 2. The predicted octanol–water partition coefficient (Wildman–Crippen LogP) is 8.70. The highest BCUT2D eigenvalue weighted by molar-refractivity contribution is 5.91. The predicted molar refractivity (Wildman–Crippen MR) is 238 cm³/mol. The van der Waals surface area contributed by atoms with Crippen molar-refractivity contribution in [3.05, 3.63) is 84.7 Å². The van der Waals surface area contributed by atoms with Crippen LogP contribution in [0, 0.1) is 5.92 Å². The van der Waals surface area contributed by atoms with Crippen molar-refractivity contribution in [3.8, 4) is 33.6 Å². The Hall–Kier alpha value is -6.18. The van der Waals surface area contributed by atoms with Crippen LogP contribution in [0.25, 0.3) is 44.4 Å². The van der Waals surface area contributed by atoms with Gasteiger partial charge in [-0.25, -0.2) is 30.0 Å². The van der Waals surface area contributed by atoms with Gasteiger partial charge in [0, 0.05) is 42.1 Å². The summed E-state index contributed by atoms with van der Waals surface area (Å²) in [5.41, 5.74) is 8.60. The molecule has 1 aliphatic heterocycles. The first-order valence-corrected chi connectivity index (χ1v) is 22.3. The van der Waals surface area contributed by atoms with E-state index >= 15 is 0 Å². The van der Waals surface area contributed by atoms with E-state index in [-0.39, 0.29) is 60.4 Å². The number of nitrogens with zero attached hydrogens (tertiary/aromatic N) is 5. The second-order valence-corrected chi connectivity index (χ2v) is 17.7. The second kappa shape index (κ2) is 18.4. The molecule has 3 unspecified atom stereocenters. The fourth-order valence-corrected chi connectivity index (χ4v) is 9.01. The number of aromatic nitrogens is 4. The van der Waals surface area contributed by atoms with E-state index < -0.39 is 6.09 Å². The molecule has 5 amide bonds. The first-order valence-electron chi connectivity index (χ1n) is 22.3. The van der Waals surface area contributed by atoms with E-state index in [2.05, 4.69) is 81.4 Å². The summed E-state index contributed by atoms with van der Waals surface area (Å²) < 4.78 is 4.78. The van der Waals surface area contributed by atoms with Crippen LogP contribution < -0.4 is 10.7 Å². The van der Waals surface area contributed by atoms with Crippen molar-refractivity contribution in [2.24, 2.45) is 5.92 Å². The summed E-state index contributed by atoms with van der Waals surface area (Å²) in [7, 11) is 1.29. The van der Waals surface area contributed by atoms with Crippen molar-refractivity contribution in [3.63, 3.8) is 0 Å². The number of methoxy groups -OCH3 is 1. The number of benzene rings is 3. The monoisotopic (exact) mass is 841 g/mol. The molecule has 3 heterocycles. The third-order valence-electron chi connectivity index (χ3n) is 12.6. The lowest BCUT2D eigenvalue weighted by Crippen LogP contribution is -2.53. The molecule has 3 atom stereocenters. The number of piperidine rings is 1. The molecule has 1 saturated heterocycles. The minimum atomic E-state index is -0.665. The number of nitrogens with one attached hydrogen (secondary N) is 4. The van der Waals surface area contributed by atoms with E-state index in [9.17, 15) is 19.2 Å². The second-order valence-electron chi connectivity index (χ2n) is 17.7. The van der Waals surface area contributed by atoms with E-state index in [1.54, 1.807) is 4.90 Å². The largest absolute Gasteiger partial charge is 0.452 e. The van der Waals surface area contributed by atoms with Crippen LogP contribution in [0.15, 0.2) is 73.1 Å². The lowest BCUT2D eigenvalue weighted by molar-refractivity contribution is -0.142. The first kappa shape index (κ1) is 42.5. The number of H-pyrrole nitrogens is 2. The summed E-state index contributed by atoms with van der Waals surface area (Å²) in [6.45, 7) is 8.33. The first-order chi connectivity index (χ1) is 30.0. The lowest BCUT2D eigenvalue weighted by Gasteiger charge is -2.39. The molecule has 2 aromatic heterocycles. The minimum absolute atomic E-state index is 0.0573. The van der Waals surface area contributed by atoms with Crippen molar-refractivity contribution < 1.29 is 23.9 Å². The Bertz CT molecular complexity index is 2400. The standard InChI is InChI=1S/C48H59N9O5/c1-29(2)56(28-43(58)51-37-21-22-37)48(61)55-23-9-8-12-42(55)45-50-26-40(53-45)32-15-13-31(14-16-32)33-17-18-35-25-36(20-19-34(35)24-33)41-27-49-44(52-41)38-10-6-7-11-39(38)46(59)57(30(3)4)54-47(60)62-5/h13-20,24-27,29-30,37-39,42H,6-12,21-23,28H2,1-5H3,(H,49,52)(H,50,53)(H,51,58)(H,54,60). The number of carbonyl (C=O) groups is 4. The van der Waals surface area contributed by atoms with E-state index in [1.165, 1.54) is 12.1 Å². The number of rotatable bonds is 11. The molecular formula is C48H59N9O5. The maximum Gasteiger partial charge on any atom is 0.425 e. The molecule has 0 spiro atoms. The normalized spacial score (nSPS) is 19.1. The van der Waals surface area contributed by atoms with Gasteiger partial charge in [-0.3, -0.25) is 9.59 Å². The van der Waals surface area contributed by atoms with Gasteiger partial charge in [0.2, 0.25) is 11.8 Å². The number of amides is 5. The fraction of sp³-hybridized carbons (Fsp3) is 0.458. The topological polar surface area (TPSA) is 169 Å². The zero-order chi connectivity index (χ0) is 43.5. The Balaban J connectivity index is 0.938. The maximum atomic E-state index is 13.9. The molecule has 5 aromatic rings. The molecule has 2 aliphatic carbocycles. The van der Waals surface area contributed by atoms with E-state index in [0.29, 0.717) is 6.54 Å². The highest BCUT2D eigenvalue weighted by Crippen LogP contribution is 2.39. The summed E-state index contributed by atoms with van der Waals surface area (Å²) in [6, 6.07) is 20.9. The molecule has 3 aromatic carbocycles. The molecular weight excluding hydrogens is 783 g/mol. The van der Waals surface area contributed by atoms with Gasteiger partial charge in [-0.05, 0) is 112 Å². The Morgan fingerprint density at radius 1 is 0.742 bits per heavy atom. The quantitative estimate of drug-likeness (QED) is 0.0965. The van der Waals surface area contributed by atoms with Gasteiger partial charge in [0.15, 0.2) is 0 Å². The number of aromatic amines is 2. The van der Waals surface area contributed by atoms with Crippen LogP contribution in [0.4, 0.5) is 9.59 Å². The highest BCUT2D eigenvalue weighted by Gasteiger charge is 2.38. The zero-order valence-corrected chi connectivity index (χ0v) is 36.4. The maximum absolute atomic E-state index is 13.9. The van der Waals surface area contributed by atoms with Gasteiger partial charge in [0.25, 0.3) is 0 Å². The summed E-state index contributed by atoms with van der Waals surface area (Å²) in [5.74, 6) is 0.922. The SMILES string of the molecule is COC(=O)NN(C(=O)C1CCCCC1c1ncc(-c2ccc3cc(-c4ccc(-c5cnc(C6CCCCN6C(=O)N(CC(=O)NC6CC6)C(C)C)[nH]5)cc4)ccc3c2)[nH]1)C(C)C. The Kier molecular flexibility index (Phi) is 12.6. The number of carbonyl (C=O) groups excluding carboxylic acids is 4. The summed E-state index contributed by atoms with van der Waals surface area (Å²) >= 11 is 0. The molecule has 14 nitrogen and oxygen atoms in total. The molecule has 4 N–H and O–H groups in total. The van der Waals surface area contributed by atoms with E-state index in [4.69, 9.17) is 14.7 Å². The number of likely N-dealkylation sites (tertiary alicyclic amines) is 1. The summed E-state index contributed by atoms with van der Waals surface area (Å²) in [5, 5.41) is 6.63. The number of fused-ring (bicyclic) bond motifs is 1. The number of hydrazine groups is 1. The van der Waals surface area contributed by atoms with Gasteiger partial charge in [-0.1, -0.05) is 61.4 Å². The Morgan fingerprint density at radius 3 is 2.05 bits per heavy atom. The number of hydrogen-bond donors (Lipinski definition) is 4. The molecule has 0 bridgehead atoms. The average Bonchev–Trinajstić information content (AvgIpc) is 3.72. The van der Waals surface area contributed by atoms with Crippen molar-refractivity contribution >= 4 is 34.7 Å². The summed E-state index contributed by atoms with van der Waals surface area (Å²) in [4.78, 5) is 72.6. The highest BCUT2D eigenvalue weighted by atomic mass is 16.5. The Morgan fingerprint density at radius 2 is 1.35 bits per heavy atom. The molecule has 8 rings (SSSR count). The lowest BCUT2D eigenvalue weighted by atomic mass is 9.78. The minimum Gasteiger partial charge on any atom is -0.452 e. The number of ether oxygens (including phenoxy) is 1. The van der Waals surface area contributed by atoms with E-state index in [0.717, 1.165) is 114 Å². The molecule has 14 heteroatoms. The van der Waals surface area contributed by atoms with Gasteiger partial charge in [-0.15, -0.1) is 0 Å². The molecule has 3 fully saturated rings. The average molecular weight is 842 g/mol. The van der Waals surface area contributed by atoms with Crippen LogP contribution >= 0.6 is 0 Å². The third kappa shape index (κ3) is 9.34. The number of urea groups is 1.